The number of benzene rings is 1. The summed E-state index contributed by atoms with van der Waals surface area (Å²) in [5.74, 6) is 1.29. The minimum atomic E-state index is -0.428. The Morgan fingerprint density at radius 2 is 1.95 bits per heavy atom. The zero-order chi connectivity index (χ0) is 14.8. The van der Waals surface area contributed by atoms with Gasteiger partial charge in [0.15, 0.2) is 5.65 Å². The molecule has 1 aromatic carbocycles. The van der Waals surface area contributed by atoms with Crippen LogP contribution in [0.2, 0.25) is 0 Å². The number of aromatic nitrogens is 4. The van der Waals surface area contributed by atoms with Crippen LogP contribution < -0.4 is 11.2 Å². The Labute approximate surface area is 124 Å². The van der Waals surface area contributed by atoms with E-state index < -0.39 is 11.2 Å². The lowest BCUT2D eigenvalue weighted by atomic mass is 10.4. The lowest BCUT2D eigenvalue weighted by Crippen LogP contribution is -2.29. The highest BCUT2D eigenvalue weighted by Gasteiger charge is 2.12. The van der Waals surface area contributed by atoms with E-state index in [4.69, 9.17) is 0 Å². The van der Waals surface area contributed by atoms with Crippen LogP contribution in [0.3, 0.4) is 0 Å². The molecule has 2 aromatic heterocycles. The number of thioether (sulfide) groups is 1. The first-order valence-corrected chi connectivity index (χ1v) is 7.57. The highest BCUT2D eigenvalue weighted by atomic mass is 32.2. The van der Waals surface area contributed by atoms with Crippen LogP contribution in [0.4, 0.5) is 0 Å². The Bertz CT molecular complexity index is 879. The molecule has 0 atom stereocenters. The minimum absolute atomic E-state index is 0.347. The van der Waals surface area contributed by atoms with Crippen molar-refractivity contribution in [2.75, 3.05) is 0 Å². The maximum Gasteiger partial charge on any atom is 0.330 e. The molecule has 0 fully saturated rings. The molecule has 0 bridgehead atoms. The van der Waals surface area contributed by atoms with Gasteiger partial charge in [-0.3, -0.25) is 14.3 Å². The Kier molecular flexibility index (Phi) is 3.66. The van der Waals surface area contributed by atoms with Crippen molar-refractivity contribution in [1.82, 2.24) is 19.5 Å². The lowest BCUT2D eigenvalue weighted by Gasteiger charge is -2.00. The SMILES string of the molecule is CCn1c(=O)[nH]c(=O)c2[nH]c(CSc3ccccc3)nc21. The van der Waals surface area contributed by atoms with Crippen LogP contribution in [0.5, 0.6) is 0 Å². The molecule has 3 aromatic rings. The van der Waals surface area contributed by atoms with E-state index in [1.807, 2.05) is 37.3 Å². The largest absolute Gasteiger partial charge is 0.335 e. The van der Waals surface area contributed by atoms with E-state index in [9.17, 15) is 9.59 Å². The summed E-state index contributed by atoms with van der Waals surface area (Å²) < 4.78 is 1.45. The van der Waals surface area contributed by atoms with Gasteiger partial charge in [-0.15, -0.1) is 11.8 Å². The fourth-order valence-electron chi connectivity index (χ4n) is 2.12. The quantitative estimate of drug-likeness (QED) is 0.719. The highest BCUT2D eigenvalue weighted by Crippen LogP contribution is 2.21. The number of hydrogen-bond acceptors (Lipinski definition) is 4. The normalized spacial score (nSPS) is 11.1. The van der Waals surface area contributed by atoms with Crippen molar-refractivity contribution in [3.63, 3.8) is 0 Å². The van der Waals surface area contributed by atoms with Crippen LogP contribution in [0.15, 0.2) is 44.8 Å². The van der Waals surface area contributed by atoms with Crippen LogP contribution in [-0.2, 0) is 12.3 Å². The van der Waals surface area contributed by atoms with Crippen molar-refractivity contribution in [3.8, 4) is 0 Å². The summed E-state index contributed by atoms with van der Waals surface area (Å²) in [7, 11) is 0. The van der Waals surface area contributed by atoms with E-state index in [1.54, 1.807) is 11.8 Å². The molecule has 0 aliphatic heterocycles. The topological polar surface area (TPSA) is 83.5 Å². The maximum absolute atomic E-state index is 11.8. The Morgan fingerprint density at radius 1 is 1.19 bits per heavy atom. The summed E-state index contributed by atoms with van der Waals surface area (Å²) in [5.41, 5.74) is -0.0954. The molecule has 21 heavy (non-hydrogen) atoms. The highest BCUT2D eigenvalue weighted by molar-refractivity contribution is 7.98. The van der Waals surface area contributed by atoms with Gasteiger partial charge in [0.05, 0.1) is 5.75 Å². The van der Waals surface area contributed by atoms with Crippen LogP contribution in [-0.4, -0.2) is 19.5 Å². The third-order valence-corrected chi connectivity index (χ3v) is 4.14. The van der Waals surface area contributed by atoms with Crippen molar-refractivity contribution < 1.29 is 0 Å². The van der Waals surface area contributed by atoms with E-state index in [1.165, 1.54) is 4.57 Å². The first kappa shape index (κ1) is 13.7. The number of H-pyrrole nitrogens is 2. The van der Waals surface area contributed by atoms with Gasteiger partial charge in [0.1, 0.15) is 11.3 Å². The van der Waals surface area contributed by atoms with Gasteiger partial charge < -0.3 is 4.98 Å². The van der Waals surface area contributed by atoms with Crippen molar-refractivity contribution in [2.45, 2.75) is 24.1 Å². The number of aromatic amines is 2. The van der Waals surface area contributed by atoms with Crippen LogP contribution in [0.25, 0.3) is 11.2 Å². The molecule has 0 saturated heterocycles. The molecule has 7 heteroatoms. The second-order valence-corrected chi connectivity index (χ2v) is 5.54. The van der Waals surface area contributed by atoms with Crippen molar-refractivity contribution in [1.29, 1.82) is 0 Å². The maximum atomic E-state index is 11.8. The average molecular weight is 302 g/mol. The molecular weight excluding hydrogens is 288 g/mol. The zero-order valence-electron chi connectivity index (χ0n) is 11.4. The Morgan fingerprint density at radius 3 is 2.67 bits per heavy atom. The van der Waals surface area contributed by atoms with Gasteiger partial charge in [0.2, 0.25) is 0 Å². The summed E-state index contributed by atoms with van der Waals surface area (Å²) in [6.45, 7) is 2.30. The van der Waals surface area contributed by atoms with Crippen molar-refractivity contribution in [3.05, 3.63) is 57.0 Å². The summed E-state index contributed by atoms with van der Waals surface area (Å²) in [4.78, 5) is 34.3. The summed E-state index contributed by atoms with van der Waals surface area (Å²) in [5, 5.41) is 0. The third-order valence-electron chi connectivity index (χ3n) is 3.12. The molecular formula is C14H14N4O2S. The van der Waals surface area contributed by atoms with E-state index in [2.05, 4.69) is 15.0 Å². The minimum Gasteiger partial charge on any atom is -0.335 e. The Hall–Kier alpha value is -2.28. The first-order valence-electron chi connectivity index (χ1n) is 6.58. The first-order chi connectivity index (χ1) is 10.2. The number of rotatable bonds is 4. The molecule has 0 unspecified atom stereocenters. The third kappa shape index (κ3) is 2.64. The molecule has 0 spiro atoms. The fourth-order valence-corrected chi connectivity index (χ4v) is 2.91. The number of imidazole rings is 1. The van der Waals surface area contributed by atoms with Gasteiger partial charge >= 0.3 is 5.69 Å². The van der Waals surface area contributed by atoms with Gasteiger partial charge in [-0.05, 0) is 19.1 Å². The molecule has 6 nitrogen and oxygen atoms in total. The second-order valence-electron chi connectivity index (χ2n) is 4.49. The smallest absolute Gasteiger partial charge is 0.330 e. The standard InChI is InChI=1S/C14H14N4O2S/c1-2-18-12-11(13(19)17-14(18)20)15-10(16-12)8-21-9-6-4-3-5-7-9/h3-7H,2,8H2,1H3,(H,15,16)(H,17,19,20). The summed E-state index contributed by atoms with van der Waals surface area (Å²) in [6, 6.07) is 9.94. The van der Waals surface area contributed by atoms with Gasteiger partial charge in [-0.1, -0.05) is 18.2 Å². The average Bonchev–Trinajstić information content (AvgIpc) is 2.91. The summed E-state index contributed by atoms with van der Waals surface area (Å²) in [6.07, 6.45) is 0. The number of aryl methyl sites for hydroxylation is 1. The molecule has 2 N–H and O–H groups in total. The fraction of sp³-hybridized carbons (Fsp3) is 0.214. The molecule has 0 aliphatic rings. The molecule has 108 valence electrons. The molecule has 0 saturated carbocycles. The molecule has 0 amide bonds. The molecule has 0 aliphatic carbocycles. The zero-order valence-corrected chi connectivity index (χ0v) is 12.2. The van der Waals surface area contributed by atoms with Crippen LogP contribution >= 0.6 is 11.8 Å². The number of fused-ring (bicyclic) bond motifs is 1. The lowest BCUT2D eigenvalue weighted by molar-refractivity contribution is 0.719. The Balaban J connectivity index is 1.96. The predicted octanol–water partition coefficient (Wildman–Crippen LogP) is 1.73. The summed E-state index contributed by atoms with van der Waals surface area (Å²) >= 11 is 1.62. The number of nitrogens with zero attached hydrogens (tertiary/aromatic N) is 2. The van der Waals surface area contributed by atoms with Gasteiger partial charge in [0, 0.05) is 11.4 Å². The van der Waals surface area contributed by atoms with Gasteiger partial charge in [0.25, 0.3) is 5.56 Å². The van der Waals surface area contributed by atoms with Gasteiger partial charge in [-0.25, -0.2) is 9.78 Å². The monoisotopic (exact) mass is 302 g/mol. The molecule has 0 radical (unpaired) electrons. The molecule has 2 heterocycles. The predicted molar refractivity (Wildman–Crippen MR) is 82.7 cm³/mol. The number of hydrogen-bond donors (Lipinski definition) is 2. The molecule has 3 rings (SSSR count). The number of nitrogens with one attached hydrogen (secondary N) is 2. The van der Waals surface area contributed by atoms with E-state index in [0.29, 0.717) is 29.3 Å². The second kappa shape index (κ2) is 5.61. The van der Waals surface area contributed by atoms with E-state index >= 15 is 0 Å². The van der Waals surface area contributed by atoms with Gasteiger partial charge in [-0.2, -0.15) is 0 Å². The van der Waals surface area contributed by atoms with E-state index in [0.717, 1.165) is 4.90 Å². The van der Waals surface area contributed by atoms with E-state index in [-0.39, 0.29) is 0 Å². The van der Waals surface area contributed by atoms with Crippen molar-refractivity contribution in [2.24, 2.45) is 0 Å². The van der Waals surface area contributed by atoms with Crippen molar-refractivity contribution >= 4 is 22.9 Å². The van der Waals surface area contributed by atoms with Crippen LogP contribution in [0.1, 0.15) is 12.7 Å². The van der Waals surface area contributed by atoms with Crippen LogP contribution in [0, 0.1) is 0 Å².